The van der Waals surface area contributed by atoms with Crippen LogP contribution in [0.2, 0.25) is 5.02 Å². The van der Waals surface area contributed by atoms with Gasteiger partial charge in [-0.05, 0) is 23.3 Å². The SMILES string of the molecule is COc1ccc(NC2=N[N+]3(c4cncs4)C=CN=CC3=N2)cc1Cl. The van der Waals surface area contributed by atoms with Crippen molar-refractivity contribution in [2.75, 3.05) is 12.4 Å². The molecule has 1 aromatic carbocycles. The number of benzene rings is 1. The summed E-state index contributed by atoms with van der Waals surface area (Å²) in [5.74, 6) is 1.78. The summed E-state index contributed by atoms with van der Waals surface area (Å²) in [5.41, 5.74) is 2.54. The average molecular weight is 360 g/mol. The molecular weight excluding hydrogens is 348 g/mol. The maximum atomic E-state index is 6.16. The smallest absolute Gasteiger partial charge is 0.287 e. The van der Waals surface area contributed by atoms with E-state index in [0.717, 1.165) is 10.7 Å². The number of methoxy groups -OCH3 is 1. The molecule has 7 nitrogen and oxygen atoms in total. The van der Waals surface area contributed by atoms with E-state index in [1.165, 1.54) is 11.3 Å². The van der Waals surface area contributed by atoms with Gasteiger partial charge in [-0.15, -0.1) is 0 Å². The number of halogens is 1. The standard InChI is InChI=1S/C15H12ClN6OS/c1-23-12-3-2-10(6-11(12)16)19-15-20-13-7-17-4-5-22(13,21-15)14-8-18-9-24-14/h2-9H,1H3,(H,19,21)/q+1. The third kappa shape index (κ3) is 2.41. The van der Waals surface area contributed by atoms with Crippen molar-refractivity contribution < 1.29 is 4.74 Å². The van der Waals surface area contributed by atoms with Gasteiger partial charge in [0.25, 0.3) is 11.8 Å². The fourth-order valence-corrected chi connectivity index (χ4v) is 3.38. The van der Waals surface area contributed by atoms with Crippen LogP contribution in [-0.2, 0) is 0 Å². The molecule has 0 spiro atoms. The molecule has 120 valence electrons. The first-order valence-electron chi connectivity index (χ1n) is 7.00. The van der Waals surface area contributed by atoms with Crippen LogP contribution in [0.1, 0.15) is 0 Å². The topological polar surface area (TPSA) is 71.2 Å². The highest BCUT2D eigenvalue weighted by molar-refractivity contribution is 7.13. The second-order valence-electron chi connectivity index (χ2n) is 4.97. The first-order valence-corrected chi connectivity index (χ1v) is 8.26. The van der Waals surface area contributed by atoms with Crippen LogP contribution in [0.15, 0.2) is 57.4 Å². The summed E-state index contributed by atoms with van der Waals surface area (Å²) in [4.78, 5) is 12.8. The van der Waals surface area contributed by atoms with E-state index in [0.29, 0.717) is 22.6 Å². The molecule has 1 aromatic heterocycles. The summed E-state index contributed by atoms with van der Waals surface area (Å²) in [5, 5.41) is 9.33. The second-order valence-corrected chi connectivity index (χ2v) is 6.24. The molecule has 2 aromatic rings. The lowest BCUT2D eigenvalue weighted by Crippen LogP contribution is -2.43. The Morgan fingerprint density at radius 2 is 2.25 bits per heavy atom. The monoisotopic (exact) mass is 359 g/mol. The normalized spacial score (nSPS) is 21.2. The lowest BCUT2D eigenvalue weighted by Gasteiger charge is -2.21. The van der Waals surface area contributed by atoms with Gasteiger partial charge in [0.15, 0.2) is 6.20 Å². The van der Waals surface area contributed by atoms with Gasteiger partial charge in [0.05, 0.1) is 23.8 Å². The molecule has 0 saturated heterocycles. The number of hydrogen-bond acceptors (Lipinski definition) is 7. The fraction of sp³-hybridized carbons (Fsp3) is 0.0667. The van der Waals surface area contributed by atoms with Gasteiger partial charge < -0.3 is 10.1 Å². The van der Waals surface area contributed by atoms with Gasteiger partial charge in [-0.2, -0.15) is 4.99 Å². The van der Waals surface area contributed by atoms with Crippen LogP contribution in [0.4, 0.5) is 10.7 Å². The van der Waals surface area contributed by atoms with Gasteiger partial charge >= 0.3 is 0 Å². The van der Waals surface area contributed by atoms with Crippen LogP contribution >= 0.6 is 22.9 Å². The Labute approximate surface area is 146 Å². The summed E-state index contributed by atoms with van der Waals surface area (Å²) >= 11 is 7.67. The summed E-state index contributed by atoms with van der Waals surface area (Å²) in [6.45, 7) is 0. The third-order valence-electron chi connectivity index (χ3n) is 3.54. The average Bonchev–Trinajstić information content (AvgIpc) is 3.23. The molecule has 1 atom stereocenters. The molecule has 0 amide bonds. The van der Waals surface area contributed by atoms with Gasteiger partial charge in [0.2, 0.25) is 5.00 Å². The molecule has 2 aliphatic heterocycles. The van der Waals surface area contributed by atoms with E-state index in [1.807, 2.05) is 12.3 Å². The zero-order valence-corrected chi connectivity index (χ0v) is 14.1. The van der Waals surface area contributed by atoms with Crippen molar-refractivity contribution >= 4 is 51.6 Å². The molecule has 0 saturated carbocycles. The number of hydrogen-bond donors (Lipinski definition) is 1. The summed E-state index contributed by atoms with van der Waals surface area (Å²) in [7, 11) is 1.58. The number of thiazole rings is 1. The predicted molar refractivity (Wildman–Crippen MR) is 98.0 cm³/mol. The Balaban J connectivity index is 1.69. The quantitative estimate of drug-likeness (QED) is 0.853. The minimum atomic E-state index is 0.125. The first-order chi connectivity index (χ1) is 11.7. The number of nitrogens with one attached hydrogen (secondary N) is 1. The number of amidine groups is 1. The van der Waals surface area contributed by atoms with E-state index in [2.05, 4.69) is 20.3 Å². The molecule has 3 heterocycles. The van der Waals surface area contributed by atoms with Crippen LogP contribution in [0.25, 0.3) is 0 Å². The van der Waals surface area contributed by atoms with E-state index in [9.17, 15) is 0 Å². The minimum Gasteiger partial charge on any atom is -0.495 e. The van der Waals surface area contributed by atoms with Crippen LogP contribution in [0.5, 0.6) is 5.75 Å². The highest BCUT2D eigenvalue weighted by Crippen LogP contribution is 2.34. The van der Waals surface area contributed by atoms with E-state index in [1.54, 1.807) is 43.4 Å². The molecule has 2 aliphatic rings. The van der Waals surface area contributed by atoms with Gasteiger partial charge in [-0.1, -0.05) is 27.5 Å². The molecule has 0 aliphatic carbocycles. The zero-order chi connectivity index (χ0) is 16.6. The number of nitrogens with zero attached hydrogens (tertiary/aromatic N) is 5. The van der Waals surface area contributed by atoms with E-state index < -0.39 is 0 Å². The van der Waals surface area contributed by atoms with E-state index in [4.69, 9.17) is 21.4 Å². The molecule has 0 radical (unpaired) electrons. The Hall–Kier alpha value is -2.55. The van der Waals surface area contributed by atoms with Crippen molar-refractivity contribution in [1.29, 1.82) is 0 Å². The lowest BCUT2D eigenvalue weighted by molar-refractivity contribution is 0.415. The highest BCUT2D eigenvalue weighted by atomic mass is 35.5. The number of guanidine groups is 1. The predicted octanol–water partition coefficient (Wildman–Crippen LogP) is 3.46. The van der Waals surface area contributed by atoms with Crippen molar-refractivity contribution in [3.63, 3.8) is 0 Å². The number of fused-ring (bicyclic) bond motifs is 1. The summed E-state index contributed by atoms with van der Waals surface area (Å²) in [6.07, 6.45) is 7.04. The molecule has 4 rings (SSSR count). The molecule has 24 heavy (non-hydrogen) atoms. The van der Waals surface area contributed by atoms with Gasteiger partial charge in [-0.25, -0.2) is 4.98 Å². The van der Waals surface area contributed by atoms with Gasteiger partial charge in [0.1, 0.15) is 18.2 Å². The largest absolute Gasteiger partial charge is 0.495 e. The number of anilines is 1. The van der Waals surface area contributed by atoms with Gasteiger partial charge in [0, 0.05) is 5.69 Å². The van der Waals surface area contributed by atoms with Crippen LogP contribution in [-0.4, -0.2) is 30.1 Å². The number of ether oxygens (including phenoxy) is 1. The van der Waals surface area contributed by atoms with Crippen molar-refractivity contribution in [2.24, 2.45) is 15.1 Å². The minimum absolute atomic E-state index is 0.125. The Kier molecular flexibility index (Phi) is 3.64. The third-order valence-corrected chi connectivity index (χ3v) is 4.69. The van der Waals surface area contributed by atoms with Crippen molar-refractivity contribution in [3.05, 3.63) is 47.3 Å². The Bertz CT molecular complexity index is 905. The second kappa shape index (κ2) is 5.82. The van der Waals surface area contributed by atoms with Crippen LogP contribution in [0, 0.1) is 0 Å². The zero-order valence-electron chi connectivity index (χ0n) is 12.5. The van der Waals surface area contributed by atoms with Crippen molar-refractivity contribution in [3.8, 4) is 5.75 Å². The Morgan fingerprint density at radius 3 is 3.00 bits per heavy atom. The van der Waals surface area contributed by atoms with E-state index >= 15 is 0 Å². The number of aromatic nitrogens is 1. The lowest BCUT2D eigenvalue weighted by atomic mass is 10.3. The van der Waals surface area contributed by atoms with Gasteiger partial charge in [-0.3, -0.25) is 4.99 Å². The molecule has 9 heteroatoms. The van der Waals surface area contributed by atoms with Crippen LogP contribution in [0.3, 0.4) is 0 Å². The molecule has 0 bridgehead atoms. The number of quaternary nitrogens is 1. The van der Waals surface area contributed by atoms with Crippen molar-refractivity contribution in [1.82, 2.24) is 9.58 Å². The van der Waals surface area contributed by atoms with Crippen molar-refractivity contribution in [2.45, 2.75) is 0 Å². The molecule has 1 unspecified atom stereocenters. The molecule has 1 N–H and O–H groups in total. The highest BCUT2D eigenvalue weighted by Gasteiger charge is 2.44. The number of aliphatic imine (C=N–C) groups is 2. The van der Waals surface area contributed by atoms with Crippen LogP contribution < -0.4 is 14.6 Å². The maximum absolute atomic E-state index is 6.16. The number of rotatable bonds is 3. The first kappa shape index (κ1) is 15.0. The maximum Gasteiger partial charge on any atom is 0.287 e. The summed E-state index contributed by atoms with van der Waals surface area (Å²) in [6, 6.07) is 5.41. The molecular formula is C15H12ClN6OS+. The van der Waals surface area contributed by atoms with E-state index in [-0.39, 0.29) is 4.59 Å². The molecule has 0 fully saturated rings. The summed E-state index contributed by atoms with van der Waals surface area (Å²) < 4.78 is 5.28. The fourth-order valence-electron chi connectivity index (χ4n) is 2.42. The Morgan fingerprint density at radius 1 is 1.33 bits per heavy atom.